The van der Waals surface area contributed by atoms with Gasteiger partial charge in [-0.1, -0.05) is 133 Å². The molecule has 0 bridgehead atoms. The highest BCUT2D eigenvalue weighted by atomic mass is 31.2. The third-order valence-electron chi connectivity index (χ3n) is 8.37. The molecule has 0 aliphatic heterocycles. The van der Waals surface area contributed by atoms with E-state index in [2.05, 4.69) is 97.1 Å². The minimum Gasteiger partial charge on any atom is -0.309 e. The molecule has 0 radical (unpaired) electrons. The molecule has 1 unspecified atom stereocenters. The maximum atomic E-state index is 15.3. The SMILES string of the molecule is O=P(c1ccccc1)(c1ccc(-c2c3cccnc3cc3c2ccc2ccccc23)cc1)c1ccc2ccccc2c1. The van der Waals surface area contributed by atoms with Crippen molar-refractivity contribution in [2.45, 2.75) is 0 Å². The van der Waals surface area contributed by atoms with E-state index in [1.54, 1.807) is 0 Å². The molecule has 0 saturated heterocycles. The first-order valence-corrected chi connectivity index (χ1v) is 15.9. The van der Waals surface area contributed by atoms with Gasteiger partial charge >= 0.3 is 0 Å². The van der Waals surface area contributed by atoms with E-state index < -0.39 is 7.14 Å². The maximum absolute atomic E-state index is 15.3. The van der Waals surface area contributed by atoms with Crippen molar-refractivity contribution in [3.63, 3.8) is 0 Å². The minimum atomic E-state index is -3.13. The van der Waals surface area contributed by atoms with Gasteiger partial charge in [-0.15, -0.1) is 0 Å². The Kier molecular flexibility index (Phi) is 5.77. The molecular weight excluding hydrogens is 529 g/mol. The lowest BCUT2D eigenvalue weighted by Gasteiger charge is -2.21. The molecule has 1 atom stereocenters. The Balaban J connectivity index is 1.35. The molecule has 3 heteroatoms. The lowest BCUT2D eigenvalue weighted by molar-refractivity contribution is 0.592. The average molecular weight is 556 g/mol. The molecule has 0 amide bonds. The van der Waals surface area contributed by atoms with Gasteiger partial charge in [0.05, 0.1) is 5.52 Å². The van der Waals surface area contributed by atoms with Crippen molar-refractivity contribution in [3.8, 4) is 11.1 Å². The standard InChI is InChI=1S/C39H26NOP/c41-42(31-12-2-1-3-13-31,33-22-16-27-9-4-5-11-30(27)25-33)32-20-17-29(18-21-32)39-35-23-19-28-10-6-7-14-34(28)37(35)26-38-36(39)15-8-24-40-38/h1-26H. The van der Waals surface area contributed by atoms with Gasteiger partial charge in [-0.25, -0.2) is 0 Å². The van der Waals surface area contributed by atoms with E-state index >= 15 is 4.57 Å². The summed E-state index contributed by atoms with van der Waals surface area (Å²) in [6.45, 7) is 0. The molecule has 0 aliphatic carbocycles. The number of rotatable bonds is 4. The first-order chi connectivity index (χ1) is 20.7. The van der Waals surface area contributed by atoms with Crippen LogP contribution in [0.1, 0.15) is 0 Å². The van der Waals surface area contributed by atoms with Gasteiger partial charge in [-0.05, 0) is 61.6 Å². The van der Waals surface area contributed by atoms with Gasteiger partial charge in [0, 0.05) is 27.5 Å². The zero-order valence-corrected chi connectivity index (χ0v) is 23.7. The normalized spacial score (nSPS) is 13.0. The predicted molar refractivity (Wildman–Crippen MR) is 179 cm³/mol. The van der Waals surface area contributed by atoms with Crippen LogP contribution in [-0.2, 0) is 4.57 Å². The quantitative estimate of drug-likeness (QED) is 0.123. The molecule has 0 fully saturated rings. The number of pyridine rings is 1. The van der Waals surface area contributed by atoms with Crippen LogP contribution in [0, 0.1) is 0 Å². The fourth-order valence-corrected chi connectivity index (χ4v) is 8.96. The van der Waals surface area contributed by atoms with E-state index in [1.165, 1.54) is 21.5 Å². The van der Waals surface area contributed by atoms with Crippen molar-refractivity contribution in [1.29, 1.82) is 0 Å². The van der Waals surface area contributed by atoms with Gasteiger partial charge in [0.15, 0.2) is 7.14 Å². The monoisotopic (exact) mass is 555 g/mol. The fraction of sp³-hybridized carbons (Fsp3) is 0. The zero-order valence-electron chi connectivity index (χ0n) is 22.8. The number of fused-ring (bicyclic) bond motifs is 5. The first-order valence-electron chi connectivity index (χ1n) is 14.2. The molecule has 1 heterocycles. The van der Waals surface area contributed by atoms with E-state index in [0.29, 0.717) is 0 Å². The zero-order chi connectivity index (χ0) is 28.1. The highest BCUT2D eigenvalue weighted by Gasteiger charge is 2.30. The van der Waals surface area contributed by atoms with Crippen LogP contribution in [0.2, 0.25) is 0 Å². The van der Waals surface area contributed by atoms with E-state index in [1.807, 2.05) is 60.8 Å². The molecule has 2 nitrogen and oxygen atoms in total. The molecule has 8 aromatic rings. The minimum absolute atomic E-state index is 0.820. The Morgan fingerprint density at radius 3 is 1.90 bits per heavy atom. The summed E-state index contributed by atoms with van der Waals surface area (Å²) in [5, 5.41) is 10.6. The number of hydrogen-bond acceptors (Lipinski definition) is 2. The molecule has 7 aromatic carbocycles. The predicted octanol–water partition coefficient (Wildman–Crippen LogP) is 9.00. The van der Waals surface area contributed by atoms with Crippen LogP contribution in [0.15, 0.2) is 158 Å². The van der Waals surface area contributed by atoms with E-state index in [4.69, 9.17) is 4.98 Å². The highest BCUT2D eigenvalue weighted by molar-refractivity contribution is 7.85. The Labute approximate surface area is 244 Å². The van der Waals surface area contributed by atoms with Gasteiger partial charge in [-0.2, -0.15) is 0 Å². The molecule has 8 rings (SSSR count). The Hall–Kier alpha value is -5.04. The van der Waals surface area contributed by atoms with Gasteiger partial charge in [0.1, 0.15) is 0 Å². The number of benzene rings is 7. The molecule has 0 saturated carbocycles. The third-order valence-corrected chi connectivity index (χ3v) is 11.4. The topological polar surface area (TPSA) is 30.0 Å². The largest absolute Gasteiger partial charge is 0.309 e. The first kappa shape index (κ1) is 24.7. The smallest absolute Gasteiger partial charge is 0.171 e. The molecular formula is C39H26NOP. The Morgan fingerprint density at radius 1 is 0.429 bits per heavy atom. The van der Waals surface area contributed by atoms with Crippen molar-refractivity contribution in [3.05, 3.63) is 158 Å². The lowest BCUT2D eigenvalue weighted by Crippen LogP contribution is -2.25. The number of aromatic nitrogens is 1. The number of nitrogens with zero attached hydrogens (tertiary/aromatic N) is 1. The highest BCUT2D eigenvalue weighted by Crippen LogP contribution is 2.44. The molecule has 42 heavy (non-hydrogen) atoms. The average Bonchev–Trinajstić information content (AvgIpc) is 3.07. The summed E-state index contributed by atoms with van der Waals surface area (Å²) in [5.74, 6) is 0. The molecule has 0 spiro atoms. The van der Waals surface area contributed by atoms with Crippen molar-refractivity contribution < 1.29 is 4.57 Å². The van der Waals surface area contributed by atoms with Gasteiger partial charge < -0.3 is 4.57 Å². The van der Waals surface area contributed by atoms with Crippen molar-refractivity contribution in [1.82, 2.24) is 4.98 Å². The van der Waals surface area contributed by atoms with Crippen LogP contribution >= 0.6 is 7.14 Å². The third kappa shape index (κ3) is 3.88. The summed E-state index contributed by atoms with van der Waals surface area (Å²) >= 11 is 0. The lowest BCUT2D eigenvalue weighted by atomic mass is 9.91. The summed E-state index contributed by atoms with van der Waals surface area (Å²) < 4.78 is 15.3. The van der Waals surface area contributed by atoms with E-state index in [9.17, 15) is 0 Å². The summed E-state index contributed by atoms with van der Waals surface area (Å²) in [6, 6.07) is 51.9. The summed E-state index contributed by atoms with van der Waals surface area (Å²) in [5.41, 5.74) is 3.19. The van der Waals surface area contributed by atoms with Crippen LogP contribution in [0.3, 0.4) is 0 Å². The summed E-state index contributed by atoms with van der Waals surface area (Å²) in [4.78, 5) is 4.74. The Bertz CT molecular complexity index is 2320. The van der Waals surface area contributed by atoms with Crippen LogP contribution in [0.5, 0.6) is 0 Å². The van der Waals surface area contributed by atoms with E-state index in [-0.39, 0.29) is 0 Å². The second-order valence-corrected chi connectivity index (χ2v) is 13.5. The van der Waals surface area contributed by atoms with E-state index in [0.717, 1.165) is 48.7 Å². The van der Waals surface area contributed by atoms with Crippen LogP contribution < -0.4 is 15.9 Å². The van der Waals surface area contributed by atoms with Crippen LogP contribution in [0.4, 0.5) is 0 Å². The van der Waals surface area contributed by atoms with Gasteiger partial charge in [0.25, 0.3) is 0 Å². The summed E-state index contributed by atoms with van der Waals surface area (Å²) in [6.07, 6.45) is 1.85. The second-order valence-electron chi connectivity index (χ2n) is 10.7. The van der Waals surface area contributed by atoms with Crippen LogP contribution in [0.25, 0.3) is 54.3 Å². The number of hydrogen-bond donors (Lipinski definition) is 0. The molecule has 0 N–H and O–H groups in total. The summed E-state index contributed by atoms with van der Waals surface area (Å²) in [7, 11) is -3.13. The molecule has 1 aromatic heterocycles. The van der Waals surface area contributed by atoms with Crippen molar-refractivity contribution in [2.24, 2.45) is 0 Å². The van der Waals surface area contributed by atoms with Crippen molar-refractivity contribution >= 4 is 66.3 Å². The maximum Gasteiger partial charge on any atom is 0.171 e. The molecule has 0 aliphatic rings. The van der Waals surface area contributed by atoms with Crippen LogP contribution in [-0.4, -0.2) is 4.98 Å². The van der Waals surface area contributed by atoms with Gasteiger partial charge in [-0.3, -0.25) is 4.98 Å². The fourth-order valence-electron chi connectivity index (χ4n) is 6.30. The molecule has 198 valence electrons. The van der Waals surface area contributed by atoms with Gasteiger partial charge in [0.2, 0.25) is 0 Å². The second kappa shape index (κ2) is 9.80. The van der Waals surface area contributed by atoms with Crippen molar-refractivity contribution in [2.75, 3.05) is 0 Å². The Morgan fingerprint density at radius 2 is 1.07 bits per heavy atom.